The van der Waals surface area contributed by atoms with Crippen molar-refractivity contribution in [2.24, 2.45) is 0 Å². The van der Waals surface area contributed by atoms with Crippen molar-refractivity contribution in [3.63, 3.8) is 0 Å². The number of amides is 2. The lowest BCUT2D eigenvalue weighted by molar-refractivity contribution is -0.116. The van der Waals surface area contributed by atoms with Gasteiger partial charge in [0.05, 0.1) is 0 Å². The van der Waals surface area contributed by atoms with Crippen LogP contribution >= 0.6 is 11.6 Å². The molecule has 2 rings (SSSR count). The molecule has 0 saturated carbocycles. The first kappa shape index (κ1) is 16.0. The van der Waals surface area contributed by atoms with E-state index in [1.54, 1.807) is 72.4 Å². The van der Waals surface area contributed by atoms with Gasteiger partial charge in [-0.1, -0.05) is 17.7 Å². The molecule has 0 unspecified atom stereocenters. The second-order valence-electron chi connectivity index (χ2n) is 4.97. The Morgan fingerprint density at radius 2 is 1.45 bits per heavy atom. The summed E-state index contributed by atoms with van der Waals surface area (Å²) in [5, 5.41) is 0.526. The molecule has 2 aromatic rings. The number of anilines is 2. The van der Waals surface area contributed by atoms with Crippen LogP contribution < -0.4 is 9.80 Å². The van der Waals surface area contributed by atoms with Crippen LogP contribution in [0.5, 0.6) is 0 Å². The molecule has 0 aliphatic heterocycles. The second-order valence-corrected chi connectivity index (χ2v) is 5.41. The summed E-state index contributed by atoms with van der Waals surface area (Å²) in [5.74, 6) is -0.189. The predicted octanol–water partition coefficient (Wildman–Crippen LogP) is 3.60. The van der Waals surface area contributed by atoms with Gasteiger partial charge in [0, 0.05) is 43.0 Å². The molecule has 5 heteroatoms. The fraction of sp³-hybridized carbons (Fsp3) is 0.176. The molecule has 114 valence electrons. The van der Waals surface area contributed by atoms with Crippen molar-refractivity contribution in [1.82, 2.24) is 0 Å². The van der Waals surface area contributed by atoms with Crippen molar-refractivity contribution in [2.45, 2.75) is 6.92 Å². The van der Waals surface area contributed by atoms with E-state index in [0.717, 1.165) is 11.4 Å². The lowest BCUT2D eigenvalue weighted by Gasteiger charge is -2.20. The summed E-state index contributed by atoms with van der Waals surface area (Å²) in [6, 6.07) is 14.0. The minimum atomic E-state index is -0.143. The highest BCUT2D eigenvalue weighted by Gasteiger charge is 2.14. The van der Waals surface area contributed by atoms with Crippen molar-refractivity contribution >= 4 is 34.8 Å². The number of nitrogens with zero attached hydrogens (tertiary/aromatic N) is 2. The van der Waals surface area contributed by atoms with E-state index < -0.39 is 0 Å². The molecule has 0 radical (unpaired) electrons. The van der Waals surface area contributed by atoms with Gasteiger partial charge in [-0.2, -0.15) is 0 Å². The van der Waals surface area contributed by atoms with Gasteiger partial charge in [0.25, 0.3) is 5.91 Å². The van der Waals surface area contributed by atoms with Crippen LogP contribution in [0.4, 0.5) is 11.4 Å². The molecule has 0 bridgehead atoms. The highest BCUT2D eigenvalue weighted by atomic mass is 35.5. The van der Waals surface area contributed by atoms with Gasteiger partial charge in [-0.3, -0.25) is 9.59 Å². The van der Waals surface area contributed by atoms with E-state index in [-0.39, 0.29) is 11.8 Å². The van der Waals surface area contributed by atoms with Gasteiger partial charge in [-0.25, -0.2) is 0 Å². The summed E-state index contributed by atoms with van der Waals surface area (Å²) < 4.78 is 0. The molecule has 2 aromatic carbocycles. The topological polar surface area (TPSA) is 40.6 Å². The Balaban J connectivity index is 2.21. The Kier molecular flexibility index (Phi) is 4.83. The van der Waals surface area contributed by atoms with E-state index in [1.807, 2.05) is 0 Å². The first-order chi connectivity index (χ1) is 10.4. The maximum absolute atomic E-state index is 12.4. The summed E-state index contributed by atoms with van der Waals surface area (Å²) in [4.78, 5) is 26.9. The van der Waals surface area contributed by atoms with Crippen molar-refractivity contribution in [2.75, 3.05) is 23.9 Å². The zero-order valence-corrected chi connectivity index (χ0v) is 13.5. The average molecular weight is 317 g/mol. The number of halogens is 1. The zero-order chi connectivity index (χ0) is 16.3. The minimum Gasteiger partial charge on any atom is -0.316 e. The molecule has 22 heavy (non-hydrogen) atoms. The van der Waals surface area contributed by atoms with Crippen molar-refractivity contribution in [1.29, 1.82) is 0 Å². The molecule has 2 amide bonds. The van der Waals surface area contributed by atoms with Gasteiger partial charge < -0.3 is 9.80 Å². The van der Waals surface area contributed by atoms with Gasteiger partial charge >= 0.3 is 0 Å². The highest BCUT2D eigenvalue weighted by Crippen LogP contribution is 2.21. The average Bonchev–Trinajstić information content (AvgIpc) is 2.52. The molecule has 4 nitrogen and oxygen atoms in total. The van der Waals surface area contributed by atoms with Crippen LogP contribution in [0.15, 0.2) is 48.5 Å². The van der Waals surface area contributed by atoms with E-state index in [9.17, 15) is 9.59 Å². The number of carbonyl (C=O) groups is 2. The predicted molar refractivity (Wildman–Crippen MR) is 89.7 cm³/mol. The summed E-state index contributed by atoms with van der Waals surface area (Å²) in [6.45, 7) is 1.50. The van der Waals surface area contributed by atoms with E-state index in [2.05, 4.69) is 0 Å². The fourth-order valence-corrected chi connectivity index (χ4v) is 2.20. The SMILES string of the molecule is CC(=O)N(C)c1ccc(N(C)C(=O)c2cccc(Cl)c2)cc1. The number of benzene rings is 2. The molecule has 0 atom stereocenters. The monoisotopic (exact) mass is 316 g/mol. The standard InChI is InChI=1S/C17H17ClN2O2/c1-12(21)19(2)15-7-9-16(10-8-15)20(3)17(22)13-5-4-6-14(18)11-13/h4-11H,1-3H3. The number of rotatable bonds is 3. The van der Waals surface area contributed by atoms with E-state index >= 15 is 0 Å². The van der Waals surface area contributed by atoms with Gasteiger partial charge in [0.15, 0.2) is 0 Å². The van der Waals surface area contributed by atoms with Gasteiger partial charge in [-0.05, 0) is 42.5 Å². The third-order valence-corrected chi connectivity index (χ3v) is 3.71. The maximum atomic E-state index is 12.4. The van der Waals surface area contributed by atoms with Crippen LogP contribution in [0.3, 0.4) is 0 Å². The summed E-state index contributed by atoms with van der Waals surface area (Å²) in [5.41, 5.74) is 2.05. The molecular formula is C17H17ClN2O2. The normalized spacial score (nSPS) is 10.2. The fourth-order valence-electron chi connectivity index (χ4n) is 2.01. The van der Waals surface area contributed by atoms with Crippen molar-refractivity contribution in [3.05, 3.63) is 59.1 Å². The first-order valence-electron chi connectivity index (χ1n) is 6.78. The highest BCUT2D eigenvalue weighted by molar-refractivity contribution is 6.31. The Morgan fingerprint density at radius 1 is 0.909 bits per heavy atom. The van der Waals surface area contributed by atoms with Crippen LogP contribution in [-0.4, -0.2) is 25.9 Å². The maximum Gasteiger partial charge on any atom is 0.258 e. The second kappa shape index (κ2) is 6.62. The molecule has 0 aliphatic rings. The lowest BCUT2D eigenvalue weighted by atomic mass is 10.2. The number of hydrogen-bond acceptors (Lipinski definition) is 2. The Bertz CT molecular complexity index is 698. The largest absolute Gasteiger partial charge is 0.316 e. The third-order valence-electron chi connectivity index (χ3n) is 3.47. The van der Waals surface area contributed by atoms with Crippen molar-refractivity contribution in [3.8, 4) is 0 Å². The molecule has 0 saturated heterocycles. The number of carbonyl (C=O) groups excluding carboxylic acids is 2. The van der Waals surface area contributed by atoms with E-state index in [1.165, 1.54) is 6.92 Å². The summed E-state index contributed by atoms with van der Waals surface area (Å²) in [7, 11) is 3.41. The third kappa shape index (κ3) is 3.46. The summed E-state index contributed by atoms with van der Waals surface area (Å²) >= 11 is 5.92. The minimum absolute atomic E-state index is 0.0453. The van der Waals surface area contributed by atoms with Gasteiger partial charge in [0.2, 0.25) is 5.91 Å². The molecule has 0 aromatic heterocycles. The smallest absolute Gasteiger partial charge is 0.258 e. The van der Waals surface area contributed by atoms with Gasteiger partial charge in [0.1, 0.15) is 0 Å². The van der Waals surface area contributed by atoms with E-state index in [4.69, 9.17) is 11.6 Å². The van der Waals surface area contributed by atoms with Crippen LogP contribution in [0, 0.1) is 0 Å². The number of hydrogen-bond donors (Lipinski definition) is 0. The van der Waals surface area contributed by atoms with Crippen LogP contribution in [0.25, 0.3) is 0 Å². The quantitative estimate of drug-likeness (QED) is 0.868. The Morgan fingerprint density at radius 3 is 1.95 bits per heavy atom. The Hall–Kier alpha value is -2.33. The van der Waals surface area contributed by atoms with Crippen LogP contribution in [-0.2, 0) is 4.79 Å². The Labute approximate surface area is 134 Å². The molecule has 0 spiro atoms. The lowest BCUT2D eigenvalue weighted by Crippen LogP contribution is -2.26. The van der Waals surface area contributed by atoms with E-state index in [0.29, 0.717) is 10.6 Å². The molecule has 0 heterocycles. The zero-order valence-electron chi connectivity index (χ0n) is 12.7. The molecular weight excluding hydrogens is 300 g/mol. The van der Waals surface area contributed by atoms with Crippen LogP contribution in [0.1, 0.15) is 17.3 Å². The molecule has 0 N–H and O–H groups in total. The van der Waals surface area contributed by atoms with Crippen LogP contribution in [0.2, 0.25) is 5.02 Å². The molecule has 0 fully saturated rings. The van der Waals surface area contributed by atoms with Crippen molar-refractivity contribution < 1.29 is 9.59 Å². The molecule has 0 aliphatic carbocycles. The summed E-state index contributed by atoms with van der Waals surface area (Å²) in [6.07, 6.45) is 0. The van der Waals surface area contributed by atoms with Gasteiger partial charge in [-0.15, -0.1) is 0 Å². The first-order valence-corrected chi connectivity index (χ1v) is 7.16.